The largest absolute Gasteiger partial charge is 0.449 e. The van der Waals surface area contributed by atoms with Gasteiger partial charge in [-0.05, 0) is 43.7 Å². The topological polar surface area (TPSA) is 68.3 Å². The Morgan fingerprint density at radius 2 is 1.65 bits per heavy atom. The van der Waals surface area contributed by atoms with E-state index >= 15 is 0 Å². The molecule has 31 heavy (non-hydrogen) atoms. The molecular weight excluding hydrogens is 388 g/mol. The number of hydrogen-bond acceptors (Lipinski definition) is 4. The predicted molar refractivity (Wildman–Crippen MR) is 122 cm³/mol. The maximum Gasteiger partial charge on any atom is 0.339 e. The van der Waals surface area contributed by atoms with Gasteiger partial charge < -0.3 is 10.1 Å². The van der Waals surface area contributed by atoms with E-state index < -0.39 is 12.1 Å². The highest BCUT2D eigenvalue weighted by Crippen LogP contribution is 2.25. The lowest BCUT2D eigenvalue weighted by atomic mass is 10.0. The lowest BCUT2D eigenvalue weighted by Crippen LogP contribution is -2.30. The summed E-state index contributed by atoms with van der Waals surface area (Å²) in [7, 11) is 0. The fourth-order valence-corrected chi connectivity index (χ4v) is 3.35. The number of rotatable bonds is 5. The van der Waals surface area contributed by atoms with Gasteiger partial charge in [0.1, 0.15) is 0 Å². The normalized spacial score (nSPS) is 11.7. The molecule has 154 valence electrons. The van der Waals surface area contributed by atoms with E-state index in [9.17, 15) is 9.59 Å². The molecule has 0 radical (unpaired) electrons. The number of nitrogens with one attached hydrogen (secondary N) is 1. The second-order valence-electron chi connectivity index (χ2n) is 7.34. The van der Waals surface area contributed by atoms with Gasteiger partial charge in [0.05, 0.1) is 16.8 Å². The number of ether oxygens (including phenoxy) is 1. The van der Waals surface area contributed by atoms with Gasteiger partial charge in [0.25, 0.3) is 5.91 Å². The van der Waals surface area contributed by atoms with Crippen LogP contribution in [0, 0.1) is 6.92 Å². The lowest BCUT2D eigenvalue weighted by Gasteiger charge is -2.15. The van der Waals surface area contributed by atoms with Crippen LogP contribution in [0.4, 0.5) is 5.69 Å². The molecule has 1 atom stereocenters. The first-order valence-electron chi connectivity index (χ1n) is 10.0. The lowest BCUT2D eigenvalue weighted by molar-refractivity contribution is -0.123. The van der Waals surface area contributed by atoms with Crippen LogP contribution in [0.25, 0.3) is 22.2 Å². The number of fused-ring (bicyclic) bond motifs is 1. The zero-order valence-corrected chi connectivity index (χ0v) is 17.3. The average Bonchev–Trinajstić information content (AvgIpc) is 2.78. The summed E-state index contributed by atoms with van der Waals surface area (Å²) < 4.78 is 5.52. The van der Waals surface area contributed by atoms with Crippen LogP contribution in [0.1, 0.15) is 22.8 Å². The van der Waals surface area contributed by atoms with Crippen molar-refractivity contribution in [3.8, 4) is 11.3 Å². The van der Waals surface area contributed by atoms with Crippen molar-refractivity contribution in [1.82, 2.24) is 4.98 Å². The van der Waals surface area contributed by atoms with Crippen molar-refractivity contribution in [3.05, 3.63) is 96.1 Å². The number of aryl methyl sites for hydroxylation is 1. The minimum Gasteiger partial charge on any atom is -0.449 e. The number of aromatic nitrogens is 1. The van der Waals surface area contributed by atoms with E-state index in [1.807, 2.05) is 79.7 Å². The van der Waals surface area contributed by atoms with Crippen LogP contribution < -0.4 is 5.32 Å². The molecule has 0 saturated carbocycles. The minimum atomic E-state index is -0.958. The third-order valence-electron chi connectivity index (χ3n) is 4.94. The highest BCUT2D eigenvalue weighted by atomic mass is 16.5. The smallest absolute Gasteiger partial charge is 0.339 e. The van der Waals surface area contributed by atoms with Crippen LogP contribution in [0.15, 0.2) is 84.9 Å². The van der Waals surface area contributed by atoms with Gasteiger partial charge in [-0.1, -0.05) is 60.7 Å². The Bertz CT molecular complexity index is 1250. The number of amides is 1. The minimum absolute atomic E-state index is 0.375. The number of hydrogen-bond donors (Lipinski definition) is 1. The van der Waals surface area contributed by atoms with Crippen LogP contribution >= 0.6 is 0 Å². The summed E-state index contributed by atoms with van der Waals surface area (Å²) in [6.45, 7) is 3.50. The zero-order valence-electron chi connectivity index (χ0n) is 17.3. The van der Waals surface area contributed by atoms with Gasteiger partial charge >= 0.3 is 5.97 Å². The zero-order chi connectivity index (χ0) is 21.8. The summed E-state index contributed by atoms with van der Waals surface area (Å²) >= 11 is 0. The van der Waals surface area contributed by atoms with Crippen molar-refractivity contribution < 1.29 is 14.3 Å². The highest BCUT2D eigenvalue weighted by molar-refractivity contribution is 6.06. The number of carbonyl (C=O) groups excluding carboxylic acids is 2. The fraction of sp³-hybridized carbons (Fsp3) is 0.115. The third kappa shape index (κ3) is 4.61. The Morgan fingerprint density at radius 1 is 0.903 bits per heavy atom. The van der Waals surface area contributed by atoms with Gasteiger partial charge in [-0.15, -0.1) is 0 Å². The first-order valence-corrected chi connectivity index (χ1v) is 10.0. The Morgan fingerprint density at radius 3 is 2.42 bits per heavy atom. The van der Waals surface area contributed by atoms with Gasteiger partial charge in [0.2, 0.25) is 0 Å². The van der Waals surface area contributed by atoms with E-state index in [4.69, 9.17) is 4.74 Å². The fourth-order valence-electron chi connectivity index (χ4n) is 3.35. The summed E-state index contributed by atoms with van der Waals surface area (Å²) in [6, 6.07) is 26.2. The van der Waals surface area contributed by atoms with Gasteiger partial charge in [0, 0.05) is 16.6 Å². The molecule has 4 rings (SSSR count). The predicted octanol–water partition coefficient (Wildman–Crippen LogP) is 5.39. The summed E-state index contributed by atoms with van der Waals surface area (Å²) in [5.41, 5.74) is 4.32. The van der Waals surface area contributed by atoms with Crippen LogP contribution in [0.5, 0.6) is 0 Å². The van der Waals surface area contributed by atoms with Crippen molar-refractivity contribution in [2.45, 2.75) is 20.0 Å². The Hall–Kier alpha value is -3.99. The van der Waals surface area contributed by atoms with Crippen molar-refractivity contribution in [3.63, 3.8) is 0 Å². The van der Waals surface area contributed by atoms with E-state index in [1.165, 1.54) is 0 Å². The van der Waals surface area contributed by atoms with Gasteiger partial charge in [-0.3, -0.25) is 4.79 Å². The summed E-state index contributed by atoms with van der Waals surface area (Å²) in [5.74, 6) is -0.955. The van der Waals surface area contributed by atoms with Gasteiger partial charge in [-0.2, -0.15) is 0 Å². The molecule has 1 heterocycles. The van der Waals surface area contributed by atoms with Crippen molar-refractivity contribution >= 4 is 28.5 Å². The second kappa shape index (κ2) is 8.79. The molecule has 0 unspecified atom stereocenters. The van der Waals surface area contributed by atoms with Gasteiger partial charge in [-0.25, -0.2) is 9.78 Å². The van der Waals surface area contributed by atoms with E-state index in [0.29, 0.717) is 27.8 Å². The number of benzene rings is 3. The first-order chi connectivity index (χ1) is 15.0. The summed E-state index contributed by atoms with van der Waals surface area (Å²) in [4.78, 5) is 30.3. The van der Waals surface area contributed by atoms with E-state index in [2.05, 4.69) is 10.3 Å². The average molecular weight is 410 g/mol. The molecule has 0 aliphatic rings. The molecule has 0 aliphatic heterocycles. The van der Waals surface area contributed by atoms with Crippen molar-refractivity contribution in [2.24, 2.45) is 0 Å². The second-order valence-corrected chi connectivity index (χ2v) is 7.34. The molecule has 3 aromatic carbocycles. The highest BCUT2D eigenvalue weighted by Gasteiger charge is 2.21. The molecule has 1 aromatic heterocycles. The van der Waals surface area contributed by atoms with E-state index in [0.717, 1.165) is 11.1 Å². The number of para-hydroxylation sites is 1. The number of anilines is 1. The van der Waals surface area contributed by atoms with E-state index in [1.54, 1.807) is 19.1 Å². The molecule has 1 N–H and O–H groups in total. The molecule has 0 fully saturated rings. The molecule has 1 amide bonds. The van der Waals surface area contributed by atoms with Crippen LogP contribution in [0.2, 0.25) is 0 Å². The molecule has 5 heteroatoms. The standard InChI is InChI=1S/C26H22N2O3/c1-17-9-8-12-20(15-17)27-25(29)18(2)31-26(30)22-16-24(19-10-4-3-5-11-19)28-23-14-7-6-13-21(22)23/h3-16,18H,1-2H3,(H,27,29)/t18-/m1/s1. The maximum absolute atomic E-state index is 13.0. The third-order valence-corrected chi connectivity index (χ3v) is 4.94. The molecular formula is C26H22N2O3. The van der Waals surface area contributed by atoms with Crippen LogP contribution in [-0.4, -0.2) is 23.0 Å². The summed E-state index contributed by atoms with van der Waals surface area (Å²) in [5, 5.41) is 3.46. The molecule has 5 nitrogen and oxygen atoms in total. The quantitative estimate of drug-likeness (QED) is 0.448. The monoisotopic (exact) mass is 410 g/mol. The van der Waals surface area contributed by atoms with Crippen molar-refractivity contribution in [1.29, 1.82) is 0 Å². The van der Waals surface area contributed by atoms with E-state index in [-0.39, 0.29) is 5.91 Å². The Kier molecular flexibility index (Phi) is 5.76. The van der Waals surface area contributed by atoms with Crippen LogP contribution in [-0.2, 0) is 9.53 Å². The number of pyridine rings is 1. The molecule has 0 aliphatic carbocycles. The Balaban J connectivity index is 1.60. The maximum atomic E-state index is 13.0. The molecule has 0 bridgehead atoms. The number of nitrogens with zero attached hydrogens (tertiary/aromatic N) is 1. The Labute approximate surface area is 180 Å². The number of esters is 1. The van der Waals surface area contributed by atoms with Crippen LogP contribution in [0.3, 0.4) is 0 Å². The number of carbonyl (C=O) groups is 2. The molecule has 0 saturated heterocycles. The van der Waals surface area contributed by atoms with Crippen molar-refractivity contribution in [2.75, 3.05) is 5.32 Å². The van der Waals surface area contributed by atoms with Gasteiger partial charge in [0.15, 0.2) is 6.10 Å². The summed E-state index contributed by atoms with van der Waals surface area (Å²) in [6.07, 6.45) is -0.958. The molecule has 0 spiro atoms. The first kappa shape index (κ1) is 20.3. The molecule has 4 aromatic rings. The SMILES string of the molecule is Cc1cccc(NC(=O)[C@@H](C)OC(=O)c2cc(-c3ccccc3)nc3ccccc23)c1.